The molecular formula is C17H23NO5. The normalized spacial score (nSPS) is 21.0. The van der Waals surface area contributed by atoms with Gasteiger partial charge in [0, 0.05) is 6.42 Å². The standard InChI is InChI=1S/C17H23NO5/c1-17(2,3)23-16(20)18-11-13(10-14(18)15(19)21-4)22-12-8-6-5-7-9-12/h5-9,13-14H,10-11H2,1-4H3/t13-,14+/m0/s1. The Hall–Kier alpha value is -2.24. The smallest absolute Gasteiger partial charge is 0.411 e. The maximum absolute atomic E-state index is 12.3. The molecule has 0 unspecified atom stereocenters. The summed E-state index contributed by atoms with van der Waals surface area (Å²) in [5, 5.41) is 0. The number of rotatable bonds is 3. The van der Waals surface area contributed by atoms with Gasteiger partial charge in [-0.2, -0.15) is 0 Å². The zero-order valence-corrected chi connectivity index (χ0v) is 13.9. The van der Waals surface area contributed by atoms with Gasteiger partial charge in [0.2, 0.25) is 0 Å². The van der Waals surface area contributed by atoms with Crippen LogP contribution in [0.25, 0.3) is 0 Å². The van der Waals surface area contributed by atoms with Gasteiger partial charge in [-0.25, -0.2) is 9.59 Å². The van der Waals surface area contributed by atoms with Crippen molar-refractivity contribution in [3.63, 3.8) is 0 Å². The third-order valence-corrected chi connectivity index (χ3v) is 3.41. The van der Waals surface area contributed by atoms with Crippen LogP contribution < -0.4 is 4.74 Å². The summed E-state index contributed by atoms with van der Waals surface area (Å²) in [6.07, 6.45) is -0.443. The zero-order valence-electron chi connectivity index (χ0n) is 13.9. The summed E-state index contributed by atoms with van der Waals surface area (Å²) in [7, 11) is 1.31. The van der Waals surface area contributed by atoms with Gasteiger partial charge in [-0.15, -0.1) is 0 Å². The number of benzene rings is 1. The highest BCUT2D eigenvalue weighted by Crippen LogP contribution is 2.25. The fourth-order valence-corrected chi connectivity index (χ4v) is 2.46. The molecule has 1 aliphatic heterocycles. The van der Waals surface area contributed by atoms with Crippen LogP contribution in [0.3, 0.4) is 0 Å². The highest BCUT2D eigenvalue weighted by atomic mass is 16.6. The van der Waals surface area contributed by atoms with Gasteiger partial charge in [-0.1, -0.05) is 18.2 Å². The van der Waals surface area contributed by atoms with E-state index in [9.17, 15) is 9.59 Å². The van der Waals surface area contributed by atoms with Crippen LogP contribution in [0, 0.1) is 0 Å². The van der Waals surface area contributed by atoms with E-state index >= 15 is 0 Å². The number of para-hydroxylation sites is 1. The van der Waals surface area contributed by atoms with E-state index in [4.69, 9.17) is 14.2 Å². The predicted octanol–water partition coefficient (Wildman–Crippen LogP) is 2.62. The molecule has 1 amide bonds. The zero-order chi connectivity index (χ0) is 17.0. The van der Waals surface area contributed by atoms with Crippen LogP contribution in [-0.4, -0.2) is 48.4 Å². The summed E-state index contributed by atoms with van der Waals surface area (Å²) in [5.74, 6) is 0.238. The molecule has 0 spiro atoms. The maximum Gasteiger partial charge on any atom is 0.411 e. The number of amides is 1. The second-order valence-electron chi connectivity index (χ2n) is 6.46. The number of methoxy groups -OCH3 is 1. The molecule has 1 aromatic rings. The van der Waals surface area contributed by atoms with Crippen molar-refractivity contribution in [1.82, 2.24) is 4.90 Å². The SMILES string of the molecule is COC(=O)[C@H]1C[C@H](Oc2ccccc2)CN1C(=O)OC(C)(C)C. The lowest BCUT2D eigenvalue weighted by Crippen LogP contribution is -2.44. The first-order chi connectivity index (χ1) is 10.8. The quantitative estimate of drug-likeness (QED) is 0.801. The Bertz CT molecular complexity index is 552. The molecule has 1 saturated heterocycles. The number of likely N-dealkylation sites (tertiary alicyclic amines) is 1. The molecule has 2 atom stereocenters. The molecule has 6 nitrogen and oxygen atoms in total. The van der Waals surface area contributed by atoms with Crippen molar-refractivity contribution in [2.24, 2.45) is 0 Å². The van der Waals surface area contributed by atoms with Crippen LogP contribution in [0.5, 0.6) is 5.75 Å². The number of esters is 1. The van der Waals surface area contributed by atoms with Crippen molar-refractivity contribution in [1.29, 1.82) is 0 Å². The van der Waals surface area contributed by atoms with E-state index in [2.05, 4.69) is 0 Å². The van der Waals surface area contributed by atoms with Crippen molar-refractivity contribution < 1.29 is 23.8 Å². The molecule has 2 rings (SSSR count). The second-order valence-corrected chi connectivity index (χ2v) is 6.46. The van der Waals surface area contributed by atoms with Crippen LogP contribution >= 0.6 is 0 Å². The lowest BCUT2D eigenvalue weighted by molar-refractivity contribution is -0.145. The summed E-state index contributed by atoms with van der Waals surface area (Å²) in [6.45, 7) is 5.63. The summed E-state index contributed by atoms with van der Waals surface area (Å²) in [5.41, 5.74) is -0.629. The number of nitrogens with zero attached hydrogens (tertiary/aromatic N) is 1. The average Bonchev–Trinajstić information content (AvgIpc) is 2.90. The largest absolute Gasteiger partial charge is 0.488 e. The van der Waals surface area contributed by atoms with Gasteiger partial charge >= 0.3 is 12.1 Å². The first kappa shape index (κ1) is 17.1. The Labute approximate surface area is 136 Å². The molecule has 6 heteroatoms. The lowest BCUT2D eigenvalue weighted by atomic mass is 10.2. The maximum atomic E-state index is 12.3. The van der Waals surface area contributed by atoms with E-state index in [1.165, 1.54) is 12.0 Å². The van der Waals surface area contributed by atoms with Crippen molar-refractivity contribution >= 4 is 12.1 Å². The minimum absolute atomic E-state index is 0.281. The Balaban J connectivity index is 2.09. The van der Waals surface area contributed by atoms with Gasteiger partial charge in [0.25, 0.3) is 0 Å². The lowest BCUT2D eigenvalue weighted by Gasteiger charge is -2.27. The molecule has 0 aromatic heterocycles. The average molecular weight is 321 g/mol. The number of carbonyl (C=O) groups excluding carboxylic acids is 2. The molecule has 0 radical (unpaired) electrons. The monoisotopic (exact) mass is 321 g/mol. The number of hydrogen-bond donors (Lipinski definition) is 0. The molecule has 1 heterocycles. The molecule has 0 aliphatic carbocycles. The highest BCUT2D eigenvalue weighted by molar-refractivity contribution is 5.82. The highest BCUT2D eigenvalue weighted by Gasteiger charge is 2.43. The van der Waals surface area contributed by atoms with Crippen LogP contribution in [0.2, 0.25) is 0 Å². The Kier molecular flexibility index (Phi) is 5.13. The molecule has 0 N–H and O–H groups in total. The van der Waals surface area contributed by atoms with Gasteiger partial charge in [0.15, 0.2) is 0 Å². The van der Waals surface area contributed by atoms with Crippen molar-refractivity contribution in [3.8, 4) is 5.75 Å². The van der Waals surface area contributed by atoms with Crippen molar-refractivity contribution in [2.45, 2.75) is 44.9 Å². The van der Waals surface area contributed by atoms with E-state index in [-0.39, 0.29) is 12.6 Å². The van der Waals surface area contributed by atoms with Crippen molar-refractivity contribution in [3.05, 3.63) is 30.3 Å². The Morgan fingerprint density at radius 1 is 1.17 bits per heavy atom. The molecule has 0 saturated carbocycles. The van der Waals surface area contributed by atoms with Gasteiger partial charge in [-0.05, 0) is 32.9 Å². The van der Waals surface area contributed by atoms with Crippen LogP contribution in [0.15, 0.2) is 30.3 Å². The first-order valence-electron chi connectivity index (χ1n) is 7.59. The summed E-state index contributed by atoms with van der Waals surface area (Å²) < 4.78 is 16.0. The Morgan fingerprint density at radius 3 is 2.39 bits per heavy atom. The summed E-state index contributed by atoms with van der Waals surface area (Å²) in [6, 6.07) is 8.61. The van der Waals surface area contributed by atoms with E-state index in [1.54, 1.807) is 20.8 Å². The third-order valence-electron chi connectivity index (χ3n) is 3.41. The van der Waals surface area contributed by atoms with E-state index < -0.39 is 23.7 Å². The van der Waals surface area contributed by atoms with Crippen LogP contribution in [0.4, 0.5) is 4.79 Å². The number of hydrogen-bond acceptors (Lipinski definition) is 5. The fourth-order valence-electron chi connectivity index (χ4n) is 2.46. The molecular weight excluding hydrogens is 298 g/mol. The van der Waals surface area contributed by atoms with Gasteiger partial charge in [0.1, 0.15) is 23.5 Å². The number of ether oxygens (including phenoxy) is 3. The van der Waals surface area contributed by atoms with Gasteiger partial charge in [-0.3, -0.25) is 4.90 Å². The fraction of sp³-hybridized carbons (Fsp3) is 0.529. The van der Waals surface area contributed by atoms with E-state index in [0.29, 0.717) is 12.2 Å². The van der Waals surface area contributed by atoms with Crippen LogP contribution in [-0.2, 0) is 14.3 Å². The second kappa shape index (κ2) is 6.89. The molecule has 1 fully saturated rings. The van der Waals surface area contributed by atoms with Gasteiger partial charge in [0.05, 0.1) is 13.7 Å². The van der Waals surface area contributed by atoms with Gasteiger partial charge < -0.3 is 14.2 Å². The topological polar surface area (TPSA) is 65.1 Å². The summed E-state index contributed by atoms with van der Waals surface area (Å²) >= 11 is 0. The minimum Gasteiger partial charge on any atom is -0.488 e. The molecule has 23 heavy (non-hydrogen) atoms. The van der Waals surface area contributed by atoms with Crippen molar-refractivity contribution in [2.75, 3.05) is 13.7 Å². The van der Waals surface area contributed by atoms with E-state index in [1.807, 2.05) is 30.3 Å². The Morgan fingerprint density at radius 2 is 1.83 bits per heavy atom. The molecule has 0 bridgehead atoms. The summed E-state index contributed by atoms with van der Waals surface area (Å²) in [4.78, 5) is 25.7. The van der Waals surface area contributed by atoms with Crippen LogP contribution in [0.1, 0.15) is 27.2 Å². The third kappa shape index (κ3) is 4.61. The minimum atomic E-state index is -0.691. The van der Waals surface area contributed by atoms with E-state index in [0.717, 1.165) is 0 Å². The predicted molar refractivity (Wildman–Crippen MR) is 84.2 cm³/mol. The number of carbonyl (C=O) groups is 2. The molecule has 126 valence electrons. The molecule has 1 aromatic carbocycles. The molecule has 1 aliphatic rings. The first-order valence-corrected chi connectivity index (χ1v) is 7.59.